The van der Waals surface area contributed by atoms with Gasteiger partial charge in [-0.25, -0.2) is 0 Å². The van der Waals surface area contributed by atoms with Crippen molar-refractivity contribution in [3.63, 3.8) is 0 Å². The Bertz CT molecular complexity index is 835. The fourth-order valence-corrected chi connectivity index (χ4v) is 2.10. The summed E-state index contributed by atoms with van der Waals surface area (Å²) in [5.74, 6) is -2.34. The van der Waals surface area contributed by atoms with Crippen molar-refractivity contribution in [1.29, 1.82) is 0 Å². The van der Waals surface area contributed by atoms with Crippen molar-refractivity contribution in [3.05, 3.63) is 65.7 Å². The molecule has 8 nitrogen and oxygen atoms in total. The quantitative estimate of drug-likeness (QED) is 0.702. The van der Waals surface area contributed by atoms with Crippen LogP contribution in [0.25, 0.3) is 0 Å². The first-order chi connectivity index (χ1) is 13.0. The summed E-state index contributed by atoms with van der Waals surface area (Å²) >= 11 is 0. The third-order valence-electron chi connectivity index (χ3n) is 3.40. The van der Waals surface area contributed by atoms with E-state index >= 15 is 0 Å². The first-order valence-corrected chi connectivity index (χ1v) is 7.97. The molecule has 0 spiro atoms. The molecule has 0 aliphatic rings. The number of rotatable bonds is 7. The highest BCUT2D eigenvalue weighted by atomic mass is 16.5. The molecule has 27 heavy (non-hydrogen) atoms. The number of benzene rings is 2. The molecule has 0 saturated carbocycles. The number of hydrogen-bond donors (Lipinski definition) is 2. The summed E-state index contributed by atoms with van der Waals surface area (Å²) in [7, 11) is 1.43. The van der Waals surface area contributed by atoms with Gasteiger partial charge in [-0.1, -0.05) is 30.3 Å². The minimum atomic E-state index is -0.819. The second-order valence-corrected chi connectivity index (χ2v) is 5.29. The topological polar surface area (TPSA) is 111 Å². The van der Waals surface area contributed by atoms with E-state index in [0.717, 1.165) is 0 Å². The number of imide groups is 1. The molecular formula is C19H18N2O6. The Labute approximate surface area is 155 Å². The van der Waals surface area contributed by atoms with Crippen molar-refractivity contribution in [2.24, 2.45) is 0 Å². The van der Waals surface area contributed by atoms with E-state index in [9.17, 15) is 19.2 Å². The molecular weight excluding hydrogens is 352 g/mol. The number of carbonyl (C=O) groups excluding carboxylic acids is 4. The van der Waals surface area contributed by atoms with E-state index < -0.39 is 36.8 Å². The summed E-state index contributed by atoms with van der Waals surface area (Å²) in [6, 6.07) is 14.7. The average Bonchev–Trinajstić information content (AvgIpc) is 2.71. The van der Waals surface area contributed by atoms with Gasteiger partial charge < -0.3 is 14.8 Å². The van der Waals surface area contributed by atoms with Gasteiger partial charge in [0.1, 0.15) is 12.3 Å². The number of carbonyl (C=O) groups is 4. The van der Waals surface area contributed by atoms with Crippen molar-refractivity contribution in [3.8, 4) is 5.75 Å². The number of nitrogens with one attached hydrogen (secondary N) is 2. The van der Waals surface area contributed by atoms with Gasteiger partial charge in [0.05, 0.1) is 12.7 Å². The molecule has 140 valence electrons. The van der Waals surface area contributed by atoms with Crippen LogP contribution in [0.3, 0.4) is 0 Å². The molecule has 0 saturated heterocycles. The standard InChI is InChI=1S/C19H18N2O6/c1-26-15-10-6-5-9-14(15)19(25)20-11-17(23)27-12-16(22)21-18(24)13-7-3-2-4-8-13/h2-10H,11-12H2,1H3,(H,20,25)(H,21,22,24). The molecule has 0 fully saturated rings. The fourth-order valence-electron chi connectivity index (χ4n) is 2.10. The number of ether oxygens (including phenoxy) is 2. The van der Waals surface area contributed by atoms with E-state index in [-0.39, 0.29) is 5.56 Å². The number of para-hydroxylation sites is 1. The van der Waals surface area contributed by atoms with Crippen LogP contribution >= 0.6 is 0 Å². The van der Waals surface area contributed by atoms with Crippen LogP contribution in [0.4, 0.5) is 0 Å². The van der Waals surface area contributed by atoms with Gasteiger partial charge in [0.25, 0.3) is 17.7 Å². The lowest BCUT2D eigenvalue weighted by atomic mass is 10.2. The van der Waals surface area contributed by atoms with Crippen molar-refractivity contribution >= 4 is 23.7 Å². The van der Waals surface area contributed by atoms with E-state index in [1.54, 1.807) is 54.6 Å². The zero-order valence-electron chi connectivity index (χ0n) is 14.6. The Hall–Kier alpha value is -3.68. The molecule has 0 aromatic heterocycles. The third-order valence-corrected chi connectivity index (χ3v) is 3.40. The number of methoxy groups -OCH3 is 1. The first-order valence-electron chi connectivity index (χ1n) is 7.97. The van der Waals surface area contributed by atoms with Crippen LogP contribution in [0.2, 0.25) is 0 Å². The zero-order valence-corrected chi connectivity index (χ0v) is 14.6. The summed E-state index contributed by atoms with van der Waals surface area (Å²) in [5.41, 5.74) is 0.570. The lowest BCUT2D eigenvalue weighted by Crippen LogP contribution is -2.36. The minimum absolute atomic E-state index is 0.263. The molecule has 0 heterocycles. The van der Waals surface area contributed by atoms with Gasteiger partial charge in [-0.3, -0.25) is 24.5 Å². The van der Waals surface area contributed by atoms with Crippen LogP contribution < -0.4 is 15.4 Å². The van der Waals surface area contributed by atoms with Crippen LogP contribution in [-0.2, 0) is 14.3 Å². The zero-order chi connectivity index (χ0) is 19.6. The van der Waals surface area contributed by atoms with E-state index in [4.69, 9.17) is 9.47 Å². The van der Waals surface area contributed by atoms with Gasteiger partial charge in [-0.05, 0) is 24.3 Å². The van der Waals surface area contributed by atoms with Crippen LogP contribution in [0, 0.1) is 0 Å². The highest BCUT2D eigenvalue weighted by Crippen LogP contribution is 2.16. The summed E-state index contributed by atoms with van der Waals surface area (Å²) in [6.07, 6.45) is 0. The molecule has 2 aromatic rings. The molecule has 2 rings (SSSR count). The molecule has 0 radical (unpaired) electrons. The number of amides is 3. The Kier molecular flexibility index (Phi) is 7.07. The van der Waals surface area contributed by atoms with Gasteiger partial charge in [-0.2, -0.15) is 0 Å². The van der Waals surface area contributed by atoms with Crippen LogP contribution in [0.1, 0.15) is 20.7 Å². The normalized spacial score (nSPS) is 9.81. The fraction of sp³-hybridized carbons (Fsp3) is 0.158. The van der Waals surface area contributed by atoms with Gasteiger partial charge in [0.2, 0.25) is 0 Å². The largest absolute Gasteiger partial charge is 0.496 e. The smallest absolute Gasteiger partial charge is 0.325 e. The Balaban J connectivity index is 1.75. The molecule has 2 aromatic carbocycles. The molecule has 0 aliphatic heterocycles. The predicted molar refractivity (Wildman–Crippen MR) is 95.2 cm³/mol. The Morgan fingerprint density at radius 2 is 1.56 bits per heavy atom. The molecule has 0 unspecified atom stereocenters. The maximum atomic E-state index is 12.0. The van der Waals surface area contributed by atoms with Gasteiger partial charge in [-0.15, -0.1) is 0 Å². The van der Waals surface area contributed by atoms with Gasteiger partial charge in [0, 0.05) is 5.56 Å². The van der Waals surface area contributed by atoms with Crippen LogP contribution in [-0.4, -0.2) is 44.0 Å². The average molecular weight is 370 g/mol. The Morgan fingerprint density at radius 1 is 0.889 bits per heavy atom. The molecule has 0 bridgehead atoms. The monoisotopic (exact) mass is 370 g/mol. The summed E-state index contributed by atoms with van der Waals surface area (Å²) < 4.78 is 9.80. The Morgan fingerprint density at radius 3 is 2.26 bits per heavy atom. The maximum Gasteiger partial charge on any atom is 0.325 e. The van der Waals surface area contributed by atoms with E-state index in [2.05, 4.69) is 10.6 Å². The van der Waals surface area contributed by atoms with E-state index in [1.165, 1.54) is 7.11 Å². The van der Waals surface area contributed by atoms with Crippen LogP contribution in [0.15, 0.2) is 54.6 Å². The number of hydrogen-bond acceptors (Lipinski definition) is 6. The van der Waals surface area contributed by atoms with Crippen LogP contribution in [0.5, 0.6) is 5.75 Å². The molecule has 0 atom stereocenters. The second kappa shape index (κ2) is 9.71. The SMILES string of the molecule is COc1ccccc1C(=O)NCC(=O)OCC(=O)NC(=O)c1ccccc1. The summed E-state index contributed by atoms with van der Waals surface area (Å²) in [4.78, 5) is 47.2. The molecule has 8 heteroatoms. The third kappa shape index (κ3) is 5.96. The maximum absolute atomic E-state index is 12.0. The molecule has 3 amide bonds. The highest BCUT2D eigenvalue weighted by molar-refractivity contribution is 6.05. The van der Waals surface area contributed by atoms with E-state index in [1.807, 2.05) is 0 Å². The van der Waals surface area contributed by atoms with Gasteiger partial charge in [0.15, 0.2) is 6.61 Å². The minimum Gasteiger partial charge on any atom is -0.496 e. The van der Waals surface area contributed by atoms with Gasteiger partial charge >= 0.3 is 5.97 Å². The van der Waals surface area contributed by atoms with Crippen molar-refractivity contribution in [1.82, 2.24) is 10.6 Å². The van der Waals surface area contributed by atoms with Crippen molar-refractivity contribution in [2.45, 2.75) is 0 Å². The summed E-state index contributed by atoms with van der Waals surface area (Å²) in [6.45, 7) is -1.07. The second-order valence-electron chi connectivity index (χ2n) is 5.29. The van der Waals surface area contributed by atoms with Crippen molar-refractivity contribution < 1.29 is 28.7 Å². The summed E-state index contributed by atoms with van der Waals surface area (Å²) in [5, 5.41) is 4.47. The lowest BCUT2D eigenvalue weighted by molar-refractivity contribution is -0.147. The van der Waals surface area contributed by atoms with E-state index in [0.29, 0.717) is 11.3 Å². The highest BCUT2D eigenvalue weighted by Gasteiger charge is 2.15. The first kappa shape index (κ1) is 19.6. The predicted octanol–water partition coefficient (Wildman–Crippen LogP) is 0.925. The molecule has 2 N–H and O–H groups in total. The number of esters is 1. The molecule has 0 aliphatic carbocycles. The van der Waals surface area contributed by atoms with Crippen molar-refractivity contribution in [2.75, 3.05) is 20.3 Å². The lowest BCUT2D eigenvalue weighted by Gasteiger charge is -2.09.